The van der Waals surface area contributed by atoms with E-state index in [1.165, 1.54) is 12.8 Å². The number of piperidine rings is 1. The zero-order valence-corrected chi connectivity index (χ0v) is 13.3. The highest BCUT2D eigenvalue weighted by atomic mass is 32.2. The second kappa shape index (κ2) is 7.17. The van der Waals surface area contributed by atoms with Crippen LogP contribution in [0.4, 0.5) is 0 Å². The van der Waals surface area contributed by atoms with Crippen molar-refractivity contribution in [1.82, 2.24) is 14.3 Å². The van der Waals surface area contributed by atoms with Crippen LogP contribution in [0.25, 0.3) is 0 Å². The number of nitrogens with zero attached hydrogens (tertiary/aromatic N) is 1. The summed E-state index contributed by atoms with van der Waals surface area (Å²) in [5.41, 5.74) is 0. The van der Waals surface area contributed by atoms with Gasteiger partial charge in [-0.2, -0.15) is 17.4 Å². The molecule has 0 spiro atoms. The quantitative estimate of drug-likeness (QED) is 0.677. The van der Waals surface area contributed by atoms with Crippen LogP contribution >= 0.6 is 0 Å². The number of nitrogens with one attached hydrogen (secondary N) is 2. The summed E-state index contributed by atoms with van der Waals surface area (Å²) >= 11 is 0. The molecule has 2 aliphatic rings. The van der Waals surface area contributed by atoms with Crippen LogP contribution in [0, 0.1) is 5.92 Å². The van der Waals surface area contributed by atoms with Gasteiger partial charge in [0.2, 0.25) is 0 Å². The molecule has 0 radical (unpaired) electrons. The summed E-state index contributed by atoms with van der Waals surface area (Å²) in [5.74, 6) is 0.431. The Labute approximate surface area is 122 Å². The number of hydrogen-bond donors (Lipinski definition) is 2. The lowest BCUT2D eigenvalue weighted by atomic mass is 10.00. The molecule has 2 unspecified atom stereocenters. The zero-order chi connectivity index (χ0) is 14.6. The molecule has 0 aromatic carbocycles. The molecule has 0 aromatic rings. The minimum Gasteiger partial charge on any atom is -0.380 e. The molecule has 2 N–H and O–H groups in total. The van der Waals surface area contributed by atoms with Gasteiger partial charge in [-0.1, -0.05) is 0 Å². The van der Waals surface area contributed by atoms with E-state index in [2.05, 4.69) is 10.0 Å². The third-order valence-electron chi connectivity index (χ3n) is 4.05. The first kappa shape index (κ1) is 16.2. The van der Waals surface area contributed by atoms with Crippen molar-refractivity contribution in [3.8, 4) is 0 Å². The van der Waals surface area contributed by atoms with Crippen LogP contribution in [-0.4, -0.2) is 58.2 Å². The summed E-state index contributed by atoms with van der Waals surface area (Å²) in [5, 5.41) is 3.50. The summed E-state index contributed by atoms with van der Waals surface area (Å²) < 4.78 is 33.8. The maximum absolute atomic E-state index is 12.2. The van der Waals surface area contributed by atoms with Gasteiger partial charge in [0, 0.05) is 32.8 Å². The lowest BCUT2D eigenvalue weighted by Crippen LogP contribution is -2.49. The Morgan fingerprint density at radius 2 is 2.10 bits per heavy atom. The molecule has 1 aliphatic carbocycles. The fraction of sp³-hybridized carbons (Fsp3) is 1.00. The molecule has 0 aromatic heterocycles. The molecule has 2 fully saturated rings. The number of methoxy groups -OCH3 is 1. The molecule has 1 aliphatic heterocycles. The molecule has 1 heterocycles. The Bertz CT molecular complexity index is 398. The van der Waals surface area contributed by atoms with Crippen molar-refractivity contribution in [1.29, 1.82) is 0 Å². The van der Waals surface area contributed by atoms with E-state index in [-0.39, 0.29) is 6.10 Å². The van der Waals surface area contributed by atoms with E-state index in [1.807, 2.05) is 6.92 Å². The van der Waals surface area contributed by atoms with Gasteiger partial charge < -0.3 is 10.1 Å². The normalized spacial score (nSPS) is 26.6. The minimum absolute atomic E-state index is 0.109. The third kappa shape index (κ3) is 4.96. The molecule has 0 bridgehead atoms. The van der Waals surface area contributed by atoms with Gasteiger partial charge in [-0.3, -0.25) is 0 Å². The standard InChI is InChI=1S/C13H27N3O3S/c1-11(19-2)8-15-20(17,18)16-7-3-4-12(10-16)9-14-13-5-6-13/h11-15H,3-10H2,1-2H3. The van der Waals surface area contributed by atoms with Crippen molar-refractivity contribution in [3.63, 3.8) is 0 Å². The first-order chi connectivity index (χ1) is 9.51. The Morgan fingerprint density at radius 1 is 1.35 bits per heavy atom. The van der Waals surface area contributed by atoms with Crippen molar-refractivity contribution in [2.75, 3.05) is 33.3 Å². The molecular weight excluding hydrogens is 278 g/mol. The fourth-order valence-corrected chi connectivity index (χ4v) is 3.83. The van der Waals surface area contributed by atoms with Gasteiger partial charge in [-0.05, 0) is 45.1 Å². The third-order valence-corrected chi connectivity index (χ3v) is 5.59. The van der Waals surface area contributed by atoms with Gasteiger partial charge in [-0.15, -0.1) is 0 Å². The van der Waals surface area contributed by atoms with Crippen molar-refractivity contribution >= 4 is 10.2 Å². The molecule has 0 amide bonds. The van der Waals surface area contributed by atoms with Crippen LogP contribution in [0.2, 0.25) is 0 Å². The fourth-order valence-electron chi connectivity index (χ4n) is 2.43. The average Bonchev–Trinajstić information content (AvgIpc) is 3.27. The van der Waals surface area contributed by atoms with Gasteiger partial charge in [0.15, 0.2) is 0 Å². The van der Waals surface area contributed by atoms with Crippen molar-refractivity contribution in [2.24, 2.45) is 5.92 Å². The maximum Gasteiger partial charge on any atom is 0.279 e. The van der Waals surface area contributed by atoms with Crippen molar-refractivity contribution in [2.45, 2.75) is 44.8 Å². The summed E-state index contributed by atoms with van der Waals surface area (Å²) in [7, 11) is -1.79. The highest BCUT2D eigenvalue weighted by Crippen LogP contribution is 2.22. The van der Waals surface area contributed by atoms with Crippen LogP contribution in [0.1, 0.15) is 32.6 Å². The average molecular weight is 305 g/mol. The summed E-state index contributed by atoms with van der Waals surface area (Å²) in [6, 6.07) is 0.683. The lowest BCUT2D eigenvalue weighted by molar-refractivity contribution is 0.121. The van der Waals surface area contributed by atoms with Crippen LogP contribution in [0.3, 0.4) is 0 Å². The highest BCUT2D eigenvalue weighted by molar-refractivity contribution is 7.87. The molecule has 7 heteroatoms. The first-order valence-electron chi connectivity index (χ1n) is 7.52. The monoisotopic (exact) mass is 305 g/mol. The molecule has 2 atom stereocenters. The van der Waals surface area contributed by atoms with Crippen LogP contribution in [0.5, 0.6) is 0 Å². The highest BCUT2D eigenvalue weighted by Gasteiger charge is 2.30. The van der Waals surface area contributed by atoms with E-state index in [0.717, 1.165) is 19.4 Å². The summed E-state index contributed by atoms with van der Waals surface area (Å²) in [6.07, 6.45) is 4.48. The zero-order valence-electron chi connectivity index (χ0n) is 12.5. The predicted octanol–water partition coefficient (Wildman–Crippen LogP) is 0.320. The van der Waals surface area contributed by atoms with Gasteiger partial charge in [0.1, 0.15) is 0 Å². The smallest absolute Gasteiger partial charge is 0.279 e. The first-order valence-corrected chi connectivity index (χ1v) is 8.96. The van der Waals surface area contributed by atoms with E-state index in [1.54, 1.807) is 11.4 Å². The van der Waals surface area contributed by atoms with Crippen LogP contribution < -0.4 is 10.0 Å². The van der Waals surface area contributed by atoms with Crippen LogP contribution in [-0.2, 0) is 14.9 Å². The van der Waals surface area contributed by atoms with E-state index < -0.39 is 10.2 Å². The molecule has 2 rings (SSSR count). The lowest BCUT2D eigenvalue weighted by Gasteiger charge is -2.32. The van der Waals surface area contributed by atoms with Crippen molar-refractivity contribution < 1.29 is 13.2 Å². The van der Waals surface area contributed by atoms with Gasteiger partial charge in [0.25, 0.3) is 10.2 Å². The topological polar surface area (TPSA) is 70.7 Å². The largest absolute Gasteiger partial charge is 0.380 e. The Kier molecular flexibility index (Phi) is 5.80. The second-order valence-corrected chi connectivity index (χ2v) is 7.70. The number of rotatable bonds is 8. The van der Waals surface area contributed by atoms with Gasteiger partial charge >= 0.3 is 0 Å². The molecule has 1 saturated carbocycles. The van der Waals surface area contributed by atoms with Gasteiger partial charge in [0.05, 0.1) is 6.10 Å². The Hall–Kier alpha value is -0.210. The molecule has 118 valence electrons. The second-order valence-electron chi connectivity index (χ2n) is 5.95. The number of hydrogen-bond acceptors (Lipinski definition) is 4. The Balaban J connectivity index is 1.79. The molecule has 20 heavy (non-hydrogen) atoms. The van der Waals surface area contributed by atoms with Gasteiger partial charge in [-0.25, -0.2) is 0 Å². The maximum atomic E-state index is 12.2. The van der Waals surface area contributed by atoms with E-state index >= 15 is 0 Å². The molecule has 6 nitrogen and oxygen atoms in total. The predicted molar refractivity (Wildman–Crippen MR) is 78.7 cm³/mol. The van der Waals surface area contributed by atoms with E-state index in [4.69, 9.17) is 4.74 Å². The minimum atomic E-state index is -3.37. The Morgan fingerprint density at radius 3 is 2.75 bits per heavy atom. The summed E-state index contributed by atoms with van der Waals surface area (Å²) in [4.78, 5) is 0. The number of ether oxygens (including phenoxy) is 1. The van der Waals surface area contributed by atoms with E-state index in [9.17, 15) is 8.42 Å². The molecular formula is C13H27N3O3S. The van der Waals surface area contributed by atoms with Crippen molar-refractivity contribution in [3.05, 3.63) is 0 Å². The van der Waals surface area contributed by atoms with E-state index in [0.29, 0.717) is 31.6 Å². The SMILES string of the molecule is COC(C)CNS(=O)(=O)N1CCCC(CNC2CC2)C1. The van der Waals surface area contributed by atoms with Crippen LogP contribution in [0.15, 0.2) is 0 Å². The summed E-state index contributed by atoms with van der Waals surface area (Å²) in [6.45, 7) is 4.35. The molecule has 1 saturated heterocycles.